The van der Waals surface area contributed by atoms with Crippen molar-refractivity contribution in [2.45, 2.75) is 13.2 Å². The van der Waals surface area contributed by atoms with Gasteiger partial charge in [-0.25, -0.2) is 7.92 Å². The van der Waals surface area contributed by atoms with Gasteiger partial charge in [-0.15, -0.1) is 0 Å². The lowest BCUT2D eigenvalue weighted by Crippen LogP contribution is -2.06. The molecule has 0 aliphatic rings. The Labute approximate surface area is 44.4 Å². The average Bonchev–Trinajstić information content (AvgIpc) is 1.38. The van der Waals surface area contributed by atoms with Crippen molar-refractivity contribution in [3.05, 3.63) is 0 Å². The highest BCUT2D eigenvalue weighted by atomic mass is 127. The van der Waals surface area contributed by atoms with Crippen LogP contribution in [0.4, 0.5) is 4.39 Å². The minimum Gasteiger partial charge on any atom is -0.230 e. The highest BCUT2D eigenvalue weighted by molar-refractivity contribution is 14.1. The molecule has 0 saturated heterocycles. The quantitative estimate of drug-likeness (QED) is 0.371. The van der Waals surface area contributed by atoms with Gasteiger partial charge in [0.15, 0.2) is 6.30 Å². The van der Waals surface area contributed by atoms with Crippen molar-refractivity contribution in [3.63, 3.8) is 0 Å². The van der Waals surface area contributed by atoms with E-state index >= 15 is 0 Å². The maximum atomic E-state index is 11.3. The van der Waals surface area contributed by atoms with E-state index in [4.69, 9.17) is 0 Å². The van der Waals surface area contributed by atoms with Gasteiger partial charge in [-0.05, 0) is 6.92 Å². The fourth-order valence-corrected chi connectivity index (χ4v) is 0. The Morgan fingerprint density at radius 2 is 2.20 bits per heavy atom. The average molecular weight is 189 g/mol. The maximum Gasteiger partial charge on any atom is 0.156 e. The van der Waals surface area contributed by atoms with E-state index in [9.17, 15) is 4.39 Å². The smallest absolute Gasteiger partial charge is 0.156 e. The summed E-state index contributed by atoms with van der Waals surface area (Å²) in [6.07, 6.45) is -0.879. The van der Waals surface area contributed by atoms with Crippen LogP contribution in [0.1, 0.15) is 6.92 Å². The SMILES string of the molecule is CC(F)NI. The minimum atomic E-state index is -0.879. The molecule has 1 atom stereocenters. The molecule has 0 radical (unpaired) electrons. The second-order valence-corrected chi connectivity index (χ2v) is 1.35. The van der Waals surface area contributed by atoms with E-state index < -0.39 is 6.30 Å². The predicted octanol–water partition coefficient (Wildman–Crippen LogP) is 1.24. The summed E-state index contributed by atoms with van der Waals surface area (Å²) in [5.41, 5.74) is 0. The topological polar surface area (TPSA) is 12.0 Å². The van der Waals surface area contributed by atoms with Crippen LogP contribution in [0, 0.1) is 0 Å². The molecule has 1 N–H and O–H groups in total. The Bertz CT molecular complexity index is 23.6. The molecule has 0 saturated carbocycles. The molecule has 0 aromatic rings. The van der Waals surface area contributed by atoms with Crippen LogP contribution in [0.5, 0.6) is 0 Å². The summed E-state index contributed by atoms with van der Waals surface area (Å²) in [6.45, 7) is 1.44. The van der Waals surface area contributed by atoms with E-state index in [2.05, 4.69) is 3.53 Å². The van der Waals surface area contributed by atoms with Gasteiger partial charge in [-0.2, -0.15) is 0 Å². The summed E-state index contributed by atoms with van der Waals surface area (Å²) in [5, 5.41) is 0. The number of rotatable bonds is 1. The number of alkyl halides is 1. The zero-order chi connectivity index (χ0) is 4.28. The first-order valence-corrected chi connectivity index (χ1v) is 2.35. The zero-order valence-corrected chi connectivity index (χ0v) is 4.99. The fraction of sp³-hybridized carbons (Fsp3) is 1.00. The zero-order valence-electron chi connectivity index (χ0n) is 2.83. The molecule has 0 heterocycles. The monoisotopic (exact) mass is 189 g/mol. The summed E-state index contributed by atoms with van der Waals surface area (Å²) >= 11 is 1.75. The van der Waals surface area contributed by atoms with Gasteiger partial charge < -0.3 is 0 Å². The van der Waals surface area contributed by atoms with E-state index in [-0.39, 0.29) is 0 Å². The van der Waals surface area contributed by atoms with Gasteiger partial charge in [0.25, 0.3) is 0 Å². The van der Waals surface area contributed by atoms with Crippen molar-refractivity contribution >= 4 is 22.9 Å². The van der Waals surface area contributed by atoms with Crippen LogP contribution in [-0.4, -0.2) is 6.30 Å². The number of halogens is 2. The minimum absolute atomic E-state index is 0.879. The Kier molecular flexibility index (Phi) is 3.19. The number of hydrogen-bond donors (Lipinski definition) is 1. The van der Waals surface area contributed by atoms with E-state index in [1.165, 1.54) is 6.92 Å². The Morgan fingerprint density at radius 3 is 2.20 bits per heavy atom. The van der Waals surface area contributed by atoms with E-state index in [1.807, 2.05) is 0 Å². The van der Waals surface area contributed by atoms with Crippen molar-refractivity contribution in [2.24, 2.45) is 0 Å². The molecule has 0 rings (SSSR count). The Hall–Kier alpha value is 0.620. The van der Waals surface area contributed by atoms with Gasteiger partial charge in [0, 0.05) is 22.9 Å². The fourth-order valence-electron chi connectivity index (χ4n) is 0. The third-order valence-corrected chi connectivity index (χ3v) is 1.01. The third-order valence-electron chi connectivity index (χ3n) is 0.150. The first-order valence-electron chi connectivity index (χ1n) is 1.27. The van der Waals surface area contributed by atoms with Gasteiger partial charge in [-0.3, -0.25) is 0 Å². The van der Waals surface area contributed by atoms with Crippen molar-refractivity contribution in [3.8, 4) is 0 Å². The number of nitrogens with one attached hydrogen (secondary N) is 1. The number of hydrogen-bond acceptors (Lipinski definition) is 1. The molecule has 32 valence electrons. The Balaban J connectivity index is 2.54. The van der Waals surface area contributed by atoms with Gasteiger partial charge in [-0.1, -0.05) is 0 Å². The van der Waals surface area contributed by atoms with Crippen molar-refractivity contribution < 1.29 is 4.39 Å². The molecule has 0 bridgehead atoms. The van der Waals surface area contributed by atoms with Crippen LogP contribution in [0.15, 0.2) is 0 Å². The molecule has 0 amide bonds. The molecule has 0 spiro atoms. The van der Waals surface area contributed by atoms with Gasteiger partial charge in [0.2, 0.25) is 0 Å². The first kappa shape index (κ1) is 5.62. The van der Waals surface area contributed by atoms with Gasteiger partial charge >= 0.3 is 0 Å². The van der Waals surface area contributed by atoms with E-state index in [1.54, 1.807) is 22.9 Å². The summed E-state index contributed by atoms with van der Waals surface area (Å²) < 4.78 is 13.6. The summed E-state index contributed by atoms with van der Waals surface area (Å²) in [5.74, 6) is 0. The van der Waals surface area contributed by atoms with Crippen LogP contribution < -0.4 is 3.53 Å². The lowest BCUT2D eigenvalue weighted by Gasteiger charge is -1.88. The molecule has 1 unspecified atom stereocenters. The maximum absolute atomic E-state index is 11.3. The highest BCUT2D eigenvalue weighted by Crippen LogP contribution is 1.81. The normalized spacial score (nSPS) is 15.0. The molecule has 0 aromatic carbocycles. The summed E-state index contributed by atoms with van der Waals surface area (Å²) in [6, 6.07) is 0. The van der Waals surface area contributed by atoms with Crippen LogP contribution in [-0.2, 0) is 0 Å². The molecule has 1 nitrogen and oxygen atoms in total. The molecule has 0 fully saturated rings. The molecular formula is C2H5FIN. The van der Waals surface area contributed by atoms with Gasteiger partial charge in [0.05, 0.1) is 0 Å². The third kappa shape index (κ3) is 4.62. The standard InChI is InChI=1S/C2H5FIN/c1-2(3)5-4/h2,5H,1H3. The summed E-state index contributed by atoms with van der Waals surface area (Å²) in [4.78, 5) is 0. The lowest BCUT2D eigenvalue weighted by atomic mass is 10.8. The lowest BCUT2D eigenvalue weighted by molar-refractivity contribution is 0.359. The van der Waals surface area contributed by atoms with Crippen LogP contribution in [0.3, 0.4) is 0 Å². The van der Waals surface area contributed by atoms with Crippen molar-refractivity contribution in [1.82, 2.24) is 3.53 Å². The van der Waals surface area contributed by atoms with Gasteiger partial charge in [0.1, 0.15) is 0 Å². The Morgan fingerprint density at radius 1 is 2.00 bits per heavy atom. The van der Waals surface area contributed by atoms with E-state index in [0.29, 0.717) is 0 Å². The molecular weight excluding hydrogens is 184 g/mol. The highest BCUT2D eigenvalue weighted by Gasteiger charge is 1.84. The molecule has 0 aliphatic carbocycles. The van der Waals surface area contributed by atoms with Crippen molar-refractivity contribution in [2.75, 3.05) is 0 Å². The van der Waals surface area contributed by atoms with Crippen LogP contribution in [0.25, 0.3) is 0 Å². The second-order valence-electron chi connectivity index (χ2n) is 0.725. The molecule has 0 aliphatic heterocycles. The van der Waals surface area contributed by atoms with E-state index in [0.717, 1.165) is 0 Å². The first-order chi connectivity index (χ1) is 2.27. The molecule has 0 aromatic heterocycles. The largest absolute Gasteiger partial charge is 0.230 e. The molecule has 5 heavy (non-hydrogen) atoms. The van der Waals surface area contributed by atoms with Crippen LogP contribution in [0.2, 0.25) is 0 Å². The summed E-state index contributed by atoms with van der Waals surface area (Å²) in [7, 11) is 0. The van der Waals surface area contributed by atoms with Crippen LogP contribution >= 0.6 is 22.9 Å². The second kappa shape index (κ2) is 2.84. The van der Waals surface area contributed by atoms with Crippen molar-refractivity contribution in [1.29, 1.82) is 0 Å². The molecule has 3 heteroatoms. The predicted molar refractivity (Wildman–Crippen MR) is 27.7 cm³/mol.